The summed E-state index contributed by atoms with van der Waals surface area (Å²) in [6.45, 7) is 3.01. The highest BCUT2D eigenvalue weighted by Crippen LogP contribution is 2.47. The number of ether oxygens (including phenoxy) is 3. The Hall–Kier alpha value is -1.95. The van der Waals surface area contributed by atoms with Crippen molar-refractivity contribution >= 4 is 5.97 Å². The van der Waals surface area contributed by atoms with Crippen LogP contribution < -0.4 is 0 Å². The highest BCUT2D eigenvalue weighted by molar-refractivity contribution is 5.69. The standard InChI is InChI=1S/C30H44O5/c1-3-4-7-14-23(35-29-19-12-13-22-34-29)20-21-25-24-15-10-11-17-26(24)30(32)27(25)16-8-5-6-9-18-28(31)33-2/h5,8,10-11,15,17,20-21,23,25,27,29-30,32H,3-4,6-7,9,12-14,16,18-19,22H2,1-2H3/b8-5-,21-20?/t23?,25?,27-,29?,30-/m1/s1. The molecule has 1 aliphatic heterocycles. The Morgan fingerprint density at radius 2 is 2.00 bits per heavy atom. The zero-order valence-corrected chi connectivity index (χ0v) is 21.6. The second kappa shape index (κ2) is 15.2. The van der Waals surface area contributed by atoms with Crippen LogP contribution in [0.1, 0.15) is 101 Å². The molecule has 1 aromatic rings. The smallest absolute Gasteiger partial charge is 0.305 e. The molecular formula is C30H44O5. The molecule has 0 amide bonds. The molecule has 5 atom stereocenters. The molecule has 0 spiro atoms. The van der Waals surface area contributed by atoms with Crippen LogP contribution in [-0.4, -0.2) is 37.2 Å². The van der Waals surface area contributed by atoms with E-state index in [9.17, 15) is 9.90 Å². The van der Waals surface area contributed by atoms with Crippen molar-refractivity contribution in [3.8, 4) is 0 Å². The molecule has 5 heteroatoms. The minimum atomic E-state index is -0.485. The average molecular weight is 485 g/mol. The van der Waals surface area contributed by atoms with Crippen molar-refractivity contribution in [2.24, 2.45) is 5.92 Å². The van der Waals surface area contributed by atoms with Gasteiger partial charge in [-0.3, -0.25) is 4.79 Å². The third-order valence-electron chi connectivity index (χ3n) is 7.18. The number of esters is 1. The average Bonchev–Trinajstić information content (AvgIpc) is 3.15. The van der Waals surface area contributed by atoms with Gasteiger partial charge in [0.05, 0.1) is 19.3 Å². The number of allylic oxidation sites excluding steroid dienone is 3. The molecule has 0 aromatic heterocycles. The Kier molecular flexibility index (Phi) is 12.0. The van der Waals surface area contributed by atoms with Gasteiger partial charge in [-0.25, -0.2) is 0 Å². The molecule has 1 heterocycles. The molecule has 2 aliphatic rings. The second-order valence-corrected chi connectivity index (χ2v) is 9.79. The monoisotopic (exact) mass is 484 g/mol. The number of aliphatic hydroxyl groups is 1. The molecule has 1 aromatic carbocycles. The number of fused-ring (bicyclic) bond motifs is 1. The van der Waals surface area contributed by atoms with Gasteiger partial charge in [0.25, 0.3) is 0 Å². The highest BCUT2D eigenvalue weighted by atomic mass is 16.7. The maximum absolute atomic E-state index is 11.3. The Morgan fingerprint density at radius 1 is 1.17 bits per heavy atom. The van der Waals surface area contributed by atoms with E-state index in [2.05, 4.69) is 43.4 Å². The predicted molar refractivity (Wildman–Crippen MR) is 139 cm³/mol. The van der Waals surface area contributed by atoms with Gasteiger partial charge in [0.1, 0.15) is 0 Å². The lowest BCUT2D eigenvalue weighted by atomic mass is 9.87. The van der Waals surface area contributed by atoms with Crippen molar-refractivity contribution in [2.45, 2.75) is 102 Å². The summed E-state index contributed by atoms with van der Waals surface area (Å²) in [6.07, 6.45) is 18.8. The maximum atomic E-state index is 11.3. The zero-order valence-electron chi connectivity index (χ0n) is 21.6. The third kappa shape index (κ3) is 8.59. The molecule has 1 saturated heterocycles. The fraction of sp³-hybridized carbons (Fsp3) is 0.633. The number of benzene rings is 1. The number of aliphatic hydroxyl groups excluding tert-OH is 1. The van der Waals surface area contributed by atoms with Gasteiger partial charge in [0.2, 0.25) is 0 Å². The van der Waals surface area contributed by atoms with E-state index in [1.807, 2.05) is 12.1 Å². The van der Waals surface area contributed by atoms with E-state index >= 15 is 0 Å². The first-order valence-corrected chi connectivity index (χ1v) is 13.6. The summed E-state index contributed by atoms with van der Waals surface area (Å²) in [4.78, 5) is 11.3. The van der Waals surface area contributed by atoms with Crippen molar-refractivity contribution < 1.29 is 24.1 Å². The number of hydrogen-bond acceptors (Lipinski definition) is 5. The Bertz CT molecular complexity index is 811. The van der Waals surface area contributed by atoms with Crippen molar-refractivity contribution in [3.05, 3.63) is 59.7 Å². The van der Waals surface area contributed by atoms with E-state index in [4.69, 9.17) is 14.2 Å². The van der Waals surface area contributed by atoms with Crippen LogP contribution >= 0.6 is 0 Å². The van der Waals surface area contributed by atoms with E-state index in [0.29, 0.717) is 6.42 Å². The lowest BCUT2D eigenvalue weighted by Gasteiger charge is -2.27. The van der Waals surface area contributed by atoms with Crippen molar-refractivity contribution in [1.82, 2.24) is 0 Å². The first kappa shape index (κ1) is 27.6. The summed E-state index contributed by atoms with van der Waals surface area (Å²) in [5.74, 6) is 0.0628. The highest BCUT2D eigenvalue weighted by Gasteiger charge is 2.37. The van der Waals surface area contributed by atoms with E-state index in [0.717, 1.165) is 63.5 Å². The van der Waals surface area contributed by atoms with Gasteiger partial charge in [-0.2, -0.15) is 0 Å². The molecular weight excluding hydrogens is 440 g/mol. The molecule has 5 nitrogen and oxygen atoms in total. The van der Waals surface area contributed by atoms with Crippen LogP contribution in [0.4, 0.5) is 0 Å². The van der Waals surface area contributed by atoms with Gasteiger partial charge in [0.15, 0.2) is 6.29 Å². The largest absolute Gasteiger partial charge is 0.469 e. The quantitative estimate of drug-likeness (QED) is 0.179. The van der Waals surface area contributed by atoms with Gasteiger partial charge in [-0.15, -0.1) is 0 Å². The number of rotatable bonds is 14. The maximum Gasteiger partial charge on any atom is 0.305 e. The van der Waals surface area contributed by atoms with Crippen LogP contribution in [0.25, 0.3) is 0 Å². The number of carbonyl (C=O) groups is 1. The van der Waals surface area contributed by atoms with Crippen molar-refractivity contribution in [2.75, 3.05) is 13.7 Å². The SMILES string of the molecule is CCCCCC(C=CC1c2ccccc2[C@@H](O)[C@@H]1C/C=C\CCCC(=O)OC)OC1CCCCO1. The molecule has 0 radical (unpaired) electrons. The summed E-state index contributed by atoms with van der Waals surface area (Å²) in [7, 11) is 1.42. The van der Waals surface area contributed by atoms with E-state index in [1.54, 1.807) is 0 Å². The lowest BCUT2D eigenvalue weighted by Crippen LogP contribution is -2.27. The fourth-order valence-corrected chi connectivity index (χ4v) is 5.16. The van der Waals surface area contributed by atoms with Crippen LogP contribution in [-0.2, 0) is 19.0 Å². The van der Waals surface area contributed by atoms with Crippen LogP contribution in [0.15, 0.2) is 48.6 Å². The lowest BCUT2D eigenvalue weighted by molar-refractivity contribution is -0.179. The third-order valence-corrected chi connectivity index (χ3v) is 7.18. The Balaban J connectivity index is 1.67. The topological polar surface area (TPSA) is 65.0 Å². The first-order valence-electron chi connectivity index (χ1n) is 13.6. The molecule has 194 valence electrons. The van der Waals surface area contributed by atoms with Gasteiger partial charge in [-0.05, 0) is 56.1 Å². The summed E-state index contributed by atoms with van der Waals surface area (Å²) in [5, 5.41) is 11.1. The van der Waals surface area contributed by atoms with Crippen LogP contribution in [0.5, 0.6) is 0 Å². The van der Waals surface area contributed by atoms with Crippen LogP contribution in [0, 0.1) is 5.92 Å². The minimum absolute atomic E-state index is 0.0315. The number of carbonyl (C=O) groups excluding carboxylic acids is 1. The fourth-order valence-electron chi connectivity index (χ4n) is 5.16. The summed E-state index contributed by atoms with van der Waals surface area (Å²) in [6, 6.07) is 8.25. The second-order valence-electron chi connectivity index (χ2n) is 9.79. The molecule has 3 rings (SSSR count). The molecule has 3 unspecified atom stereocenters. The first-order chi connectivity index (χ1) is 17.1. The molecule has 0 saturated carbocycles. The Morgan fingerprint density at radius 3 is 2.74 bits per heavy atom. The molecule has 0 bridgehead atoms. The van der Waals surface area contributed by atoms with Gasteiger partial charge < -0.3 is 19.3 Å². The predicted octanol–water partition coefficient (Wildman–Crippen LogP) is 6.77. The van der Waals surface area contributed by atoms with Crippen LogP contribution in [0.3, 0.4) is 0 Å². The van der Waals surface area contributed by atoms with E-state index in [-0.39, 0.29) is 30.2 Å². The minimum Gasteiger partial charge on any atom is -0.469 e. The van der Waals surface area contributed by atoms with Gasteiger partial charge in [0, 0.05) is 24.9 Å². The van der Waals surface area contributed by atoms with Crippen molar-refractivity contribution in [3.63, 3.8) is 0 Å². The van der Waals surface area contributed by atoms with Crippen LogP contribution in [0.2, 0.25) is 0 Å². The number of hydrogen-bond donors (Lipinski definition) is 1. The molecule has 35 heavy (non-hydrogen) atoms. The van der Waals surface area contributed by atoms with E-state index < -0.39 is 6.10 Å². The van der Waals surface area contributed by atoms with Gasteiger partial charge in [-0.1, -0.05) is 74.8 Å². The summed E-state index contributed by atoms with van der Waals surface area (Å²) >= 11 is 0. The van der Waals surface area contributed by atoms with E-state index in [1.165, 1.54) is 25.5 Å². The molecule has 1 N–H and O–H groups in total. The summed E-state index contributed by atoms with van der Waals surface area (Å²) < 4.78 is 16.9. The molecule has 1 fully saturated rings. The number of methoxy groups -OCH3 is 1. The Labute approximate surface area is 211 Å². The summed E-state index contributed by atoms with van der Waals surface area (Å²) in [5.41, 5.74) is 2.24. The molecule has 1 aliphatic carbocycles. The van der Waals surface area contributed by atoms with Gasteiger partial charge >= 0.3 is 5.97 Å². The van der Waals surface area contributed by atoms with Crippen molar-refractivity contribution in [1.29, 1.82) is 0 Å². The normalized spacial score (nSPS) is 25.2. The number of unbranched alkanes of at least 4 members (excludes halogenated alkanes) is 3. The zero-order chi connectivity index (χ0) is 24.9.